The number of nitrogen functional groups attached to an aromatic ring is 1. The molecule has 4 nitrogen and oxygen atoms in total. The van der Waals surface area contributed by atoms with E-state index in [9.17, 15) is 0 Å². The van der Waals surface area contributed by atoms with Gasteiger partial charge in [0.05, 0.1) is 11.3 Å². The zero-order chi connectivity index (χ0) is 10.8. The molecule has 0 atom stereocenters. The van der Waals surface area contributed by atoms with Crippen LogP contribution in [0.15, 0.2) is 36.9 Å². The van der Waals surface area contributed by atoms with Crippen LogP contribution < -0.4 is 5.73 Å². The summed E-state index contributed by atoms with van der Waals surface area (Å²) in [5.41, 5.74) is 6.80. The Morgan fingerprint density at radius 2 is 2.27 bits per heavy atom. The van der Waals surface area contributed by atoms with E-state index in [1.165, 1.54) is 0 Å². The highest BCUT2D eigenvalue weighted by Gasteiger charge is 2.04. The summed E-state index contributed by atoms with van der Waals surface area (Å²) in [6.07, 6.45) is 5.19. The van der Waals surface area contributed by atoms with E-state index in [2.05, 4.69) is 4.98 Å². The third-order valence-electron chi connectivity index (χ3n) is 2.05. The summed E-state index contributed by atoms with van der Waals surface area (Å²) in [5, 5.41) is 7.76. The van der Waals surface area contributed by atoms with Crippen LogP contribution in [0.5, 0.6) is 0 Å². The van der Waals surface area contributed by atoms with Crippen LogP contribution in [0.2, 0.25) is 5.02 Å². The van der Waals surface area contributed by atoms with E-state index in [-0.39, 0.29) is 5.84 Å². The maximum Gasteiger partial charge on any atom is 0.124 e. The van der Waals surface area contributed by atoms with Gasteiger partial charge < -0.3 is 10.3 Å². The van der Waals surface area contributed by atoms with Crippen molar-refractivity contribution in [2.24, 2.45) is 5.73 Å². The zero-order valence-corrected chi connectivity index (χ0v) is 8.57. The molecule has 0 bridgehead atoms. The molecule has 3 N–H and O–H groups in total. The normalized spacial score (nSPS) is 10.2. The van der Waals surface area contributed by atoms with Crippen molar-refractivity contribution >= 4 is 17.4 Å². The van der Waals surface area contributed by atoms with Gasteiger partial charge in [-0.3, -0.25) is 5.41 Å². The lowest BCUT2D eigenvalue weighted by atomic mass is 10.2. The summed E-state index contributed by atoms with van der Waals surface area (Å²) in [4.78, 5) is 3.94. The van der Waals surface area contributed by atoms with E-state index < -0.39 is 0 Å². The van der Waals surface area contributed by atoms with Crippen LogP contribution in [0.3, 0.4) is 0 Å². The molecule has 76 valence electrons. The molecule has 1 aromatic carbocycles. The fourth-order valence-electron chi connectivity index (χ4n) is 1.29. The molecule has 0 unspecified atom stereocenters. The minimum Gasteiger partial charge on any atom is -0.384 e. The number of halogens is 1. The Morgan fingerprint density at radius 3 is 2.80 bits per heavy atom. The number of nitrogens with two attached hydrogens (primary N) is 1. The van der Waals surface area contributed by atoms with Gasteiger partial charge in [-0.05, 0) is 18.2 Å². The van der Waals surface area contributed by atoms with Crippen molar-refractivity contribution in [3.8, 4) is 5.69 Å². The maximum atomic E-state index is 7.30. The van der Waals surface area contributed by atoms with Crippen molar-refractivity contribution in [2.75, 3.05) is 0 Å². The minimum atomic E-state index is -0.0304. The number of nitrogens with zero attached hydrogens (tertiary/aromatic N) is 2. The lowest BCUT2D eigenvalue weighted by Gasteiger charge is -2.06. The van der Waals surface area contributed by atoms with Crippen LogP contribution in [0.1, 0.15) is 5.56 Å². The van der Waals surface area contributed by atoms with E-state index in [0.717, 1.165) is 5.69 Å². The third-order valence-corrected chi connectivity index (χ3v) is 2.36. The number of hydrogen-bond donors (Lipinski definition) is 2. The minimum absolute atomic E-state index is 0.0304. The van der Waals surface area contributed by atoms with E-state index in [1.807, 2.05) is 16.8 Å². The first-order chi connectivity index (χ1) is 7.18. The smallest absolute Gasteiger partial charge is 0.124 e. The van der Waals surface area contributed by atoms with Crippen LogP contribution in [0.25, 0.3) is 5.69 Å². The second-order valence-electron chi connectivity index (χ2n) is 3.05. The average Bonchev–Trinajstić information content (AvgIpc) is 2.69. The summed E-state index contributed by atoms with van der Waals surface area (Å²) in [5.74, 6) is -0.0304. The highest BCUT2D eigenvalue weighted by Crippen LogP contribution is 2.19. The zero-order valence-electron chi connectivity index (χ0n) is 7.81. The van der Waals surface area contributed by atoms with Gasteiger partial charge in [0, 0.05) is 23.6 Å². The molecule has 0 spiro atoms. The molecule has 0 aliphatic rings. The van der Waals surface area contributed by atoms with Gasteiger partial charge in [-0.1, -0.05) is 11.6 Å². The van der Waals surface area contributed by atoms with Crippen LogP contribution in [0.4, 0.5) is 0 Å². The van der Waals surface area contributed by atoms with Gasteiger partial charge in [0.1, 0.15) is 5.84 Å². The largest absolute Gasteiger partial charge is 0.384 e. The SMILES string of the molecule is N=C(N)c1ccc(-n2ccnc2)cc1Cl. The lowest BCUT2D eigenvalue weighted by molar-refractivity contribution is 1.06. The van der Waals surface area contributed by atoms with Crippen LogP contribution in [-0.4, -0.2) is 15.4 Å². The molecule has 1 heterocycles. The predicted molar refractivity (Wildman–Crippen MR) is 59.6 cm³/mol. The van der Waals surface area contributed by atoms with Gasteiger partial charge in [-0.2, -0.15) is 0 Å². The first-order valence-electron chi connectivity index (χ1n) is 4.31. The van der Waals surface area contributed by atoms with Crippen LogP contribution >= 0.6 is 11.6 Å². The number of rotatable bonds is 2. The molecule has 5 heteroatoms. The average molecular weight is 221 g/mol. The molecular weight excluding hydrogens is 212 g/mol. The maximum absolute atomic E-state index is 7.30. The molecule has 0 amide bonds. The molecule has 0 aliphatic heterocycles. The van der Waals surface area contributed by atoms with Crippen LogP contribution in [-0.2, 0) is 0 Å². The molecule has 0 fully saturated rings. The highest BCUT2D eigenvalue weighted by atomic mass is 35.5. The topological polar surface area (TPSA) is 67.7 Å². The third kappa shape index (κ3) is 1.85. The number of amidine groups is 1. The van der Waals surface area contributed by atoms with E-state index in [4.69, 9.17) is 22.7 Å². The van der Waals surface area contributed by atoms with Gasteiger partial charge in [-0.25, -0.2) is 4.98 Å². The Morgan fingerprint density at radius 1 is 1.47 bits per heavy atom. The Labute approximate surface area is 91.8 Å². The summed E-state index contributed by atoms with van der Waals surface area (Å²) < 4.78 is 1.83. The van der Waals surface area contributed by atoms with E-state index in [0.29, 0.717) is 10.6 Å². The molecular formula is C10H9ClN4. The molecule has 1 aromatic heterocycles. The Kier molecular flexibility index (Phi) is 2.43. The number of imidazole rings is 1. The van der Waals surface area contributed by atoms with Gasteiger partial charge in [0.25, 0.3) is 0 Å². The fraction of sp³-hybridized carbons (Fsp3) is 0. The van der Waals surface area contributed by atoms with Crippen molar-refractivity contribution in [1.82, 2.24) is 9.55 Å². The number of aromatic nitrogens is 2. The number of hydrogen-bond acceptors (Lipinski definition) is 2. The molecule has 2 aromatic rings. The Hall–Kier alpha value is -1.81. The highest BCUT2D eigenvalue weighted by molar-refractivity contribution is 6.34. The first-order valence-corrected chi connectivity index (χ1v) is 4.68. The second-order valence-corrected chi connectivity index (χ2v) is 3.45. The van der Waals surface area contributed by atoms with Crippen molar-refractivity contribution in [3.05, 3.63) is 47.5 Å². The summed E-state index contributed by atoms with van der Waals surface area (Å²) in [6.45, 7) is 0. The standard InChI is InChI=1S/C10H9ClN4/c11-9-5-7(15-4-3-14-6-15)1-2-8(9)10(12)13/h1-6H,(H3,12,13). The van der Waals surface area contributed by atoms with Crippen LogP contribution in [0, 0.1) is 5.41 Å². The van der Waals surface area contributed by atoms with Gasteiger partial charge in [0.2, 0.25) is 0 Å². The van der Waals surface area contributed by atoms with Crippen molar-refractivity contribution in [3.63, 3.8) is 0 Å². The monoisotopic (exact) mass is 220 g/mol. The second kappa shape index (κ2) is 3.74. The first kappa shape index (κ1) is 9.73. The number of nitrogens with one attached hydrogen (secondary N) is 1. The van der Waals surface area contributed by atoms with E-state index >= 15 is 0 Å². The molecule has 0 saturated heterocycles. The van der Waals surface area contributed by atoms with E-state index in [1.54, 1.807) is 24.7 Å². The van der Waals surface area contributed by atoms with Crippen molar-refractivity contribution in [1.29, 1.82) is 5.41 Å². The fourth-order valence-corrected chi connectivity index (χ4v) is 1.57. The van der Waals surface area contributed by atoms with Gasteiger partial charge >= 0.3 is 0 Å². The van der Waals surface area contributed by atoms with Gasteiger partial charge in [-0.15, -0.1) is 0 Å². The summed E-state index contributed by atoms with van der Waals surface area (Å²) in [7, 11) is 0. The van der Waals surface area contributed by atoms with Crippen molar-refractivity contribution in [2.45, 2.75) is 0 Å². The Balaban J connectivity index is 2.47. The Bertz CT molecular complexity index is 490. The summed E-state index contributed by atoms with van der Waals surface area (Å²) in [6, 6.07) is 5.31. The summed E-state index contributed by atoms with van der Waals surface area (Å²) >= 11 is 5.99. The molecule has 0 saturated carbocycles. The number of benzene rings is 1. The quantitative estimate of drug-likeness (QED) is 0.599. The lowest BCUT2D eigenvalue weighted by Crippen LogP contribution is -2.11. The predicted octanol–water partition coefficient (Wildman–Crippen LogP) is 1.81. The molecule has 15 heavy (non-hydrogen) atoms. The molecule has 2 rings (SSSR count). The molecule has 0 aliphatic carbocycles. The van der Waals surface area contributed by atoms with Gasteiger partial charge in [0.15, 0.2) is 0 Å². The molecule has 0 radical (unpaired) electrons. The van der Waals surface area contributed by atoms with Crippen molar-refractivity contribution < 1.29 is 0 Å².